The molecule has 0 bridgehead atoms. The van der Waals surface area contributed by atoms with Crippen LogP contribution in [0.25, 0.3) is 0 Å². The molecule has 106 valence electrons. The normalized spacial score (nSPS) is 33.1. The number of hydrogen-bond acceptors (Lipinski definition) is 4. The van der Waals surface area contributed by atoms with Crippen LogP contribution in [0.5, 0.6) is 0 Å². The Balaban J connectivity index is 1.77. The molecule has 3 atom stereocenters. The minimum atomic E-state index is -2.83. The monoisotopic (exact) mass is 274 g/mol. The molecule has 1 heterocycles. The fourth-order valence-corrected chi connectivity index (χ4v) is 4.06. The number of hydrogen-bond donors (Lipinski definition) is 2. The van der Waals surface area contributed by atoms with Crippen molar-refractivity contribution in [3.63, 3.8) is 0 Å². The minimum Gasteiger partial charge on any atom is -0.314 e. The summed E-state index contributed by atoms with van der Waals surface area (Å²) >= 11 is 0. The molecule has 1 aliphatic heterocycles. The molecule has 2 N–H and O–H groups in total. The van der Waals surface area contributed by atoms with Crippen molar-refractivity contribution in [2.75, 3.05) is 24.6 Å². The van der Waals surface area contributed by atoms with Gasteiger partial charge in [0.25, 0.3) is 0 Å². The summed E-state index contributed by atoms with van der Waals surface area (Å²) in [5.41, 5.74) is 0. The largest absolute Gasteiger partial charge is 0.314 e. The van der Waals surface area contributed by atoms with Gasteiger partial charge in [-0.2, -0.15) is 0 Å². The lowest BCUT2D eigenvalue weighted by Gasteiger charge is -2.26. The topological polar surface area (TPSA) is 58.2 Å². The maximum absolute atomic E-state index is 11.5. The van der Waals surface area contributed by atoms with Gasteiger partial charge in [-0.3, -0.25) is 0 Å². The molecule has 1 aliphatic carbocycles. The third-order valence-corrected chi connectivity index (χ3v) is 6.15. The molecule has 0 aromatic carbocycles. The fourth-order valence-electron chi connectivity index (χ4n) is 3.34. The van der Waals surface area contributed by atoms with Crippen molar-refractivity contribution >= 4 is 9.84 Å². The Kier molecular flexibility index (Phi) is 5.04. The van der Waals surface area contributed by atoms with Gasteiger partial charge in [-0.1, -0.05) is 13.3 Å². The molecule has 0 radical (unpaired) electrons. The van der Waals surface area contributed by atoms with Gasteiger partial charge in [0.15, 0.2) is 9.84 Å². The number of nitrogens with one attached hydrogen (secondary N) is 2. The Hall–Kier alpha value is -0.130. The molecule has 18 heavy (non-hydrogen) atoms. The highest BCUT2D eigenvalue weighted by atomic mass is 32.2. The maximum atomic E-state index is 11.5. The first kappa shape index (κ1) is 14.3. The van der Waals surface area contributed by atoms with Gasteiger partial charge in [0, 0.05) is 24.4 Å². The maximum Gasteiger partial charge on any atom is 0.151 e. The van der Waals surface area contributed by atoms with E-state index in [-0.39, 0.29) is 11.5 Å². The van der Waals surface area contributed by atoms with E-state index in [1.807, 2.05) is 0 Å². The van der Waals surface area contributed by atoms with Crippen molar-refractivity contribution in [1.29, 1.82) is 0 Å². The van der Waals surface area contributed by atoms with E-state index in [9.17, 15) is 8.42 Å². The molecule has 1 saturated heterocycles. The van der Waals surface area contributed by atoms with Crippen molar-refractivity contribution in [2.45, 2.75) is 51.1 Å². The summed E-state index contributed by atoms with van der Waals surface area (Å²) in [6.07, 6.45) is 6.35. The first-order valence-electron chi connectivity index (χ1n) is 7.29. The zero-order valence-corrected chi connectivity index (χ0v) is 12.1. The van der Waals surface area contributed by atoms with Gasteiger partial charge in [-0.05, 0) is 38.1 Å². The molecule has 2 rings (SSSR count). The van der Waals surface area contributed by atoms with E-state index < -0.39 is 9.84 Å². The standard InChI is InChI=1S/C13H26N2O2S/c1-2-18(16,17)10-9-15-12-6-3-5-11(12)13-7-4-8-14-13/h11-15H,2-10H2,1H3. The highest BCUT2D eigenvalue weighted by molar-refractivity contribution is 7.91. The van der Waals surface area contributed by atoms with Crippen LogP contribution in [0, 0.1) is 5.92 Å². The number of sulfone groups is 1. The SMILES string of the molecule is CCS(=O)(=O)CCNC1CCCC1C1CCCN1. The summed E-state index contributed by atoms with van der Waals surface area (Å²) in [7, 11) is -2.83. The van der Waals surface area contributed by atoms with Gasteiger partial charge in [0.1, 0.15) is 0 Å². The predicted molar refractivity (Wildman–Crippen MR) is 74.5 cm³/mol. The molecule has 0 amide bonds. The summed E-state index contributed by atoms with van der Waals surface area (Å²) in [5.74, 6) is 1.24. The van der Waals surface area contributed by atoms with E-state index in [0.29, 0.717) is 24.5 Å². The minimum absolute atomic E-state index is 0.257. The fraction of sp³-hybridized carbons (Fsp3) is 1.00. The van der Waals surface area contributed by atoms with E-state index in [0.717, 1.165) is 6.54 Å². The first-order valence-corrected chi connectivity index (χ1v) is 9.12. The van der Waals surface area contributed by atoms with Crippen molar-refractivity contribution in [3.05, 3.63) is 0 Å². The van der Waals surface area contributed by atoms with Crippen LogP contribution in [0.3, 0.4) is 0 Å². The van der Waals surface area contributed by atoms with Gasteiger partial charge in [0.05, 0.1) is 5.75 Å². The van der Waals surface area contributed by atoms with Crippen LogP contribution in [-0.4, -0.2) is 45.1 Å². The lowest BCUT2D eigenvalue weighted by Crippen LogP contribution is -2.43. The molecule has 0 aromatic rings. The second-order valence-corrected chi connectivity index (χ2v) is 8.07. The lowest BCUT2D eigenvalue weighted by atomic mass is 9.93. The van der Waals surface area contributed by atoms with Crippen molar-refractivity contribution in [3.8, 4) is 0 Å². The molecule has 2 aliphatic rings. The summed E-state index contributed by atoms with van der Waals surface area (Å²) in [4.78, 5) is 0. The average Bonchev–Trinajstić information content (AvgIpc) is 2.98. The summed E-state index contributed by atoms with van der Waals surface area (Å²) < 4.78 is 22.9. The van der Waals surface area contributed by atoms with Crippen molar-refractivity contribution in [2.24, 2.45) is 5.92 Å². The Morgan fingerprint density at radius 3 is 2.72 bits per heavy atom. The Morgan fingerprint density at radius 1 is 1.22 bits per heavy atom. The summed E-state index contributed by atoms with van der Waals surface area (Å²) in [6.45, 7) is 3.48. The smallest absolute Gasteiger partial charge is 0.151 e. The van der Waals surface area contributed by atoms with Gasteiger partial charge in [-0.15, -0.1) is 0 Å². The molecule has 1 saturated carbocycles. The van der Waals surface area contributed by atoms with Crippen molar-refractivity contribution in [1.82, 2.24) is 10.6 Å². The van der Waals surface area contributed by atoms with E-state index >= 15 is 0 Å². The van der Waals surface area contributed by atoms with Crippen LogP contribution in [-0.2, 0) is 9.84 Å². The molecular formula is C13H26N2O2S. The van der Waals surface area contributed by atoms with E-state index in [4.69, 9.17) is 0 Å². The molecule has 4 nitrogen and oxygen atoms in total. The Labute approximate surface area is 111 Å². The van der Waals surface area contributed by atoms with Crippen LogP contribution in [0.2, 0.25) is 0 Å². The third-order valence-electron chi connectivity index (χ3n) is 4.44. The average molecular weight is 274 g/mol. The van der Waals surface area contributed by atoms with E-state index in [1.54, 1.807) is 6.92 Å². The second-order valence-electron chi connectivity index (χ2n) is 5.59. The first-order chi connectivity index (χ1) is 8.62. The summed E-state index contributed by atoms with van der Waals surface area (Å²) in [5, 5.41) is 7.07. The van der Waals surface area contributed by atoms with Crippen LogP contribution in [0.1, 0.15) is 39.0 Å². The van der Waals surface area contributed by atoms with Crippen molar-refractivity contribution < 1.29 is 8.42 Å². The van der Waals surface area contributed by atoms with E-state index in [1.165, 1.54) is 32.1 Å². The number of rotatable bonds is 6. The van der Waals surface area contributed by atoms with E-state index in [2.05, 4.69) is 10.6 Å². The van der Waals surface area contributed by atoms with Gasteiger partial charge >= 0.3 is 0 Å². The highest BCUT2D eigenvalue weighted by Gasteiger charge is 2.34. The van der Waals surface area contributed by atoms with Crippen LogP contribution in [0.4, 0.5) is 0 Å². The second kappa shape index (κ2) is 6.35. The molecule has 0 spiro atoms. The van der Waals surface area contributed by atoms with Crippen LogP contribution < -0.4 is 10.6 Å². The Bertz CT molecular complexity index is 350. The quantitative estimate of drug-likeness (QED) is 0.756. The van der Waals surface area contributed by atoms with Crippen LogP contribution in [0.15, 0.2) is 0 Å². The molecule has 2 fully saturated rings. The molecular weight excluding hydrogens is 248 g/mol. The zero-order chi connectivity index (χ0) is 13.0. The van der Waals surface area contributed by atoms with Gasteiger partial charge in [0.2, 0.25) is 0 Å². The lowest BCUT2D eigenvalue weighted by molar-refractivity contribution is 0.325. The Morgan fingerprint density at radius 2 is 2.06 bits per heavy atom. The van der Waals surface area contributed by atoms with Gasteiger partial charge < -0.3 is 10.6 Å². The third kappa shape index (κ3) is 3.68. The predicted octanol–water partition coefficient (Wildman–Crippen LogP) is 0.931. The summed E-state index contributed by atoms with van der Waals surface area (Å²) in [6, 6.07) is 1.18. The highest BCUT2D eigenvalue weighted by Crippen LogP contribution is 2.31. The molecule has 0 aromatic heterocycles. The van der Waals surface area contributed by atoms with Gasteiger partial charge in [-0.25, -0.2) is 8.42 Å². The molecule has 3 unspecified atom stereocenters. The zero-order valence-electron chi connectivity index (χ0n) is 11.3. The van der Waals surface area contributed by atoms with Crippen LogP contribution >= 0.6 is 0 Å². The molecule has 5 heteroatoms.